The molecule has 50 heavy (non-hydrogen) atoms. The maximum atomic E-state index is 14.9. The average Bonchev–Trinajstić information content (AvgIpc) is 3.70. The van der Waals surface area contributed by atoms with Gasteiger partial charge in [0.1, 0.15) is 11.9 Å². The van der Waals surface area contributed by atoms with Crippen LogP contribution in [0.4, 0.5) is 24.9 Å². The highest BCUT2D eigenvalue weighted by atomic mass is 19.4. The van der Waals surface area contributed by atoms with Crippen LogP contribution in [0, 0.1) is 12.3 Å². The number of carbonyl (C=O) groups excluding carboxylic acids is 1. The number of carboxylic acids is 1. The molecule has 2 saturated heterocycles. The fourth-order valence-electron chi connectivity index (χ4n) is 6.70. The number of halogens is 3. The Morgan fingerprint density at radius 1 is 1.10 bits per heavy atom. The van der Waals surface area contributed by atoms with E-state index in [2.05, 4.69) is 25.7 Å². The number of benzene rings is 2. The molecule has 2 aromatic heterocycles. The summed E-state index contributed by atoms with van der Waals surface area (Å²) in [5.41, 5.74) is 8.94. The number of ether oxygens (including phenoxy) is 1. The second kappa shape index (κ2) is 14.0. The van der Waals surface area contributed by atoms with Gasteiger partial charge in [-0.15, -0.1) is 0 Å². The first-order chi connectivity index (χ1) is 23.8. The number of aryl methyl sites for hydroxylation is 1. The lowest BCUT2D eigenvalue weighted by atomic mass is 9.76. The highest BCUT2D eigenvalue weighted by molar-refractivity contribution is 5.74. The van der Waals surface area contributed by atoms with Crippen LogP contribution in [-0.4, -0.2) is 75.1 Å². The molecule has 6 rings (SSSR count). The number of nitrogens with zero attached hydrogens (tertiary/aromatic N) is 5. The molecule has 2 aromatic carbocycles. The lowest BCUT2D eigenvalue weighted by molar-refractivity contribution is -0.198. The van der Waals surface area contributed by atoms with Crippen molar-refractivity contribution in [2.24, 2.45) is 5.41 Å². The van der Waals surface area contributed by atoms with Gasteiger partial charge in [-0.3, -0.25) is 9.59 Å². The predicted octanol–water partition coefficient (Wildman–Crippen LogP) is 4.61. The summed E-state index contributed by atoms with van der Waals surface area (Å²) in [5, 5.41) is 19.7. The highest BCUT2D eigenvalue weighted by Gasteiger charge is 2.46. The third-order valence-electron chi connectivity index (χ3n) is 9.41. The third kappa shape index (κ3) is 7.83. The van der Waals surface area contributed by atoms with Crippen molar-refractivity contribution in [3.05, 3.63) is 77.6 Å². The van der Waals surface area contributed by atoms with Gasteiger partial charge in [-0.2, -0.15) is 28.2 Å². The van der Waals surface area contributed by atoms with E-state index < -0.39 is 24.3 Å². The van der Waals surface area contributed by atoms with Crippen LogP contribution >= 0.6 is 0 Å². The molecule has 0 aliphatic carbocycles. The van der Waals surface area contributed by atoms with Gasteiger partial charge in [-0.25, -0.2) is 4.68 Å². The zero-order chi connectivity index (χ0) is 35.6. The van der Waals surface area contributed by atoms with Crippen LogP contribution in [0.1, 0.15) is 49.1 Å². The fourth-order valence-corrected chi connectivity index (χ4v) is 6.70. The van der Waals surface area contributed by atoms with Crippen molar-refractivity contribution in [1.82, 2.24) is 30.4 Å². The minimum absolute atomic E-state index is 0.108. The summed E-state index contributed by atoms with van der Waals surface area (Å²) in [7, 11) is 0. The van der Waals surface area contributed by atoms with E-state index >= 15 is 0 Å². The number of hydrogen-bond donors (Lipinski definition) is 4. The highest BCUT2D eigenvalue weighted by Crippen LogP contribution is 2.43. The van der Waals surface area contributed by atoms with E-state index in [0.29, 0.717) is 68.9 Å². The van der Waals surface area contributed by atoms with Crippen molar-refractivity contribution in [2.45, 2.75) is 57.9 Å². The molecule has 4 aromatic rings. The first-order valence-corrected chi connectivity index (χ1v) is 16.4. The Morgan fingerprint density at radius 3 is 2.44 bits per heavy atom. The van der Waals surface area contributed by atoms with E-state index in [1.807, 2.05) is 29.2 Å². The van der Waals surface area contributed by atoms with Gasteiger partial charge in [0.2, 0.25) is 23.8 Å². The molecule has 1 amide bonds. The Hall–Kier alpha value is -5.18. The van der Waals surface area contributed by atoms with Crippen LogP contribution in [-0.2, 0) is 16.0 Å². The zero-order valence-electron chi connectivity index (χ0n) is 27.7. The van der Waals surface area contributed by atoms with Crippen molar-refractivity contribution in [3.63, 3.8) is 0 Å². The minimum atomic E-state index is -4.85. The normalized spacial score (nSPS) is 17.9. The molecule has 2 aliphatic heterocycles. The lowest BCUT2D eigenvalue weighted by Crippen LogP contribution is -2.41. The fraction of sp³-hybridized carbons (Fsp3) is 0.400. The number of nitrogens with two attached hydrogens (primary N) is 1. The molecule has 0 bridgehead atoms. The van der Waals surface area contributed by atoms with E-state index in [0.717, 1.165) is 11.1 Å². The van der Waals surface area contributed by atoms with Gasteiger partial charge >= 0.3 is 12.1 Å². The van der Waals surface area contributed by atoms with Crippen LogP contribution in [0.5, 0.6) is 5.88 Å². The molecule has 2 aliphatic rings. The summed E-state index contributed by atoms with van der Waals surface area (Å²) in [6.45, 7) is 5.34. The van der Waals surface area contributed by atoms with Gasteiger partial charge in [0.15, 0.2) is 0 Å². The van der Waals surface area contributed by atoms with Gasteiger partial charge in [0.05, 0.1) is 11.4 Å². The molecule has 4 heterocycles. The quantitative estimate of drug-likeness (QED) is 0.185. The molecule has 1 spiro atoms. The first-order valence-electron chi connectivity index (χ1n) is 16.4. The Morgan fingerprint density at radius 2 is 1.82 bits per heavy atom. The molecule has 0 saturated carbocycles. The maximum absolute atomic E-state index is 14.9. The standard InChI is InChI=1S/C35H39F3N8O4/c1-21-10-14-46(44-21)28-17-25(24-5-3-23(4-6-24)9-13-40-22(2)47)7-8-26(28)31(35(36,37)38)50-30-18-29(42-33(39)43-30)45-15-11-34(12-16-45)19-27(32(48)49)41-20-34/h3-8,10,14,17-18,27,31,41H,9,11-13,15-16,19-20H2,1-2H3,(H,40,47)(H,48,49)(H2,39,42,43)/t27-,31?/m0/s1. The van der Waals surface area contributed by atoms with Crippen LogP contribution in [0.25, 0.3) is 16.8 Å². The van der Waals surface area contributed by atoms with E-state index in [4.69, 9.17) is 10.5 Å². The number of alkyl halides is 3. The van der Waals surface area contributed by atoms with Crippen molar-refractivity contribution < 1.29 is 32.6 Å². The molecule has 2 fully saturated rings. The zero-order valence-corrected chi connectivity index (χ0v) is 27.7. The van der Waals surface area contributed by atoms with Gasteiger partial charge in [-0.05, 0) is 66.8 Å². The largest absolute Gasteiger partial charge is 0.480 e. The summed E-state index contributed by atoms with van der Waals surface area (Å²) in [6, 6.07) is 14.7. The van der Waals surface area contributed by atoms with Crippen LogP contribution in [0.2, 0.25) is 0 Å². The Kier molecular flexibility index (Phi) is 9.69. The third-order valence-corrected chi connectivity index (χ3v) is 9.41. The maximum Gasteiger partial charge on any atom is 0.429 e. The van der Waals surface area contributed by atoms with E-state index in [9.17, 15) is 27.9 Å². The first kappa shape index (κ1) is 34.7. The lowest BCUT2D eigenvalue weighted by Gasteiger charge is -2.39. The molecule has 15 heteroatoms. The Labute approximate surface area is 286 Å². The minimum Gasteiger partial charge on any atom is -0.480 e. The van der Waals surface area contributed by atoms with E-state index in [1.165, 1.54) is 23.7 Å². The van der Waals surface area contributed by atoms with Crippen molar-refractivity contribution in [1.29, 1.82) is 0 Å². The van der Waals surface area contributed by atoms with Crippen molar-refractivity contribution >= 4 is 23.6 Å². The second-order valence-corrected chi connectivity index (χ2v) is 13.0. The number of aromatic nitrogens is 4. The number of nitrogens with one attached hydrogen (secondary N) is 2. The Balaban J connectivity index is 1.27. The van der Waals surface area contributed by atoms with Gasteiger partial charge < -0.3 is 31.1 Å². The Bertz CT molecular complexity index is 1860. The molecule has 0 radical (unpaired) electrons. The number of aliphatic carboxylic acids is 1. The molecule has 2 atom stereocenters. The second-order valence-electron chi connectivity index (χ2n) is 13.0. The number of amides is 1. The van der Waals surface area contributed by atoms with Crippen LogP contribution in [0.3, 0.4) is 0 Å². The summed E-state index contributed by atoms with van der Waals surface area (Å²) in [6.07, 6.45) is -3.13. The summed E-state index contributed by atoms with van der Waals surface area (Å²) < 4.78 is 51.8. The number of piperidine rings is 1. The molecule has 264 valence electrons. The van der Waals surface area contributed by atoms with Crippen LogP contribution in [0.15, 0.2) is 60.8 Å². The monoisotopic (exact) mass is 692 g/mol. The summed E-state index contributed by atoms with van der Waals surface area (Å²) in [5.74, 6) is -1.21. The van der Waals surface area contributed by atoms with E-state index in [-0.39, 0.29) is 34.4 Å². The summed E-state index contributed by atoms with van der Waals surface area (Å²) >= 11 is 0. The predicted molar refractivity (Wildman–Crippen MR) is 180 cm³/mol. The number of carbonyl (C=O) groups is 2. The number of carboxylic acid groups (broad SMARTS) is 1. The number of rotatable bonds is 10. The van der Waals surface area contributed by atoms with Crippen molar-refractivity contribution in [2.75, 3.05) is 36.8 Å². The topological polar surface area (TPSA) is 161 Å². The molecular weight excluding hydrogens is 653 g/mol. The molecule has 5 N–H and O–H groups in total. The van der Waals surface area contributed by atoms with Crippen LogP contribution < -0.4 is 26.0 Å². The van der Waals surface area contributed by atoms with Gasteiger partial charge in [0, 0.05) is 50.9 Å². The number of anilines is 2. The van der Waals surface area contributed by atoms with Crippen molar-refractivity contribution in [3.8, 4) is 22.7 Å². The number of hydrogen-bond acceptors (Lipinski definition) is 9. The number of nitrogen functional groups attached to an aromatic ring is 1. The van der Waals surface area contributed by atoms with E-state index in [1.54, 1.807) is 31.3 Å². The average molecular weight is 693 g/mol. The molecule has 12 nitrogen and oxygen atoms in total. The molecular formula is C35H39F3N8O4. The van der Waals surface area contributed by atoms with Gasteiger partial charge in [0.25, 0.3) is 0 Å². The SMILES string of the molecule is CC(=O)NCCc1ccc(-c2ccc(C(Oc3cc(N4CCC5(CC4)CN[C@H](C(=O)O)C5)nc(N)n3)C(F)(F)F)c(-n3ccc(C)n3)c2)cc1. The van der Waals surface area contributed by atoms with Gasteiger partial charge in [-0.1, -0.05) is 36.4 Å². The smallest absolute Gasteiger partial charge is 0.429 e. The molecule has 1 unspecified atom stereocenters. The summed E-state index contributed by atoms with van der Waals surface area (Å²) in [4.78, 5) is 32.9.